The highest BCUT2D eigenvalue weighted by atomic mass is 16.7. The highest BCUT2D eigenvalue weighted by Crippen LogP contribution is 2.24. The summed E-state index contributed by atoms with van der Waals surface area (Å²) < 4.78 is 11.3. The van der Waals surface area contributed by atoms with Crippen molar-refractivity contribution in [3.05, 3.63) is 24.3 Å². The SMILES string of the molecule is CCCCCCCCCC/C=C\CCCCCCCCCCCCCCCCCCCCCCCCCCCCCCCC(=O)NC(COC1OC(CO)C(O)C(O)C1O)C(O)/C=C/CCCCCCCCCCCCCCCCCCC. The number of carbonyl (C=O) groups is 1. The number of carbonyl (C=O) groups excluding carboxylic acids is 1. The molecular formula is C74H143NO8. The summed E-state index contributed by atoms with van der Waals surface area (Å²) in [7, 11) is 0. The van der Waals surface area contributed by atoms with Crippen LogP contribution in [0.4, 0.5) is 0 Å². The van der Waals surface area contributed by atoms with Crippen molar-refractivity contribution >= 4 is 5.91 Å². The van der Waals surface area contributed by atoms with Gasteiger partial charge in [-0.3, -0.25) is 4.79 Å². The molecule has 0 bridgehead atoms. The standard InChI is InChI=1S/C74H143NO8/c1-3-5-7-9-11-13-15-17-19-21-23-24-25-26-27-28-29-30-31-32-33-34-35-36-37-38-39-40-41-42-43-44-46-48-50-52-54-56-58-60-62-64-70(78)75-67(66-82-74-73(81)72(80)71(79)69(65-76)83-74)68(77)63-61-59-57-55-53-51-49-47-45-22-20-18-16-14-12-10-8-6-4-2/h21,23,61,63,67-69,71-74,76-77,79-81H,3-20,22,24-60,62,64-66H2,1-2H3,(H,75,78)/b23-21-,63-61+. The Balaban J connectivity index is 2.02. The maximum atomic E-state index is 13.1. The summed E-state index contributed by atoms with van der Waals surface area (Å²) >= 11 is 0. The maximum absolute atomic E-state index is 13.1. The zero-order valence-electron chi connectivity index (χ0n) is 55.2. The minimum absolute atomic E-state index is 0.168. The van der Waals surface area contributed by atoms with E-state index < -0.39 is 49.5 Å². The van der Waals surface area contributed by atoms with Gasteiger partial charge in [-0.25, -0.2) is 0 Å². The molecule has 7 atom stereocenters. The Morgan fingerprint density at radius 3 is 0.976 bits per heavy atom. The van der Waals surface area contributed by atoms with Gasteiger partial charge in [0.2, 0.25) is 5.91 Å². The van der Waals surface area contributed by atoms with Crippen LogP contribution in [-0.4, -0.2) is 87.5 Å². The fourth-order valence-electron chi connectivity index (χ4n) is 12.2. The van der Waals surface area contributed by atoms with Crippen LogP contribution < -0.4 is 5.32 Å². The summed E-state index contributed by atoms with van der Waals surface area (Å²) in [6.07, 6.45) is 77.5. The topological polar surface area (TPSA) is 149 Å². The van der Waals surface area contributed by atoms with E-state index in [1.54, 1.807) is 6.08 Å². The number of nitrogens with one attached hydrogen (secondary N) is 1. The molecule has 9 nitrogen and oxygen atoms in total. The summed E-state index contributed by atoms with van der Waals surface area (Å²) in [5.74, 6) is -0.168. The van der Waals surface area contributed by atoms with Crippen molar-refractivity contribution in [2.24, 2.45) is 0 Å². The molecule has 0 aliphatic carbocycles. The van der Waals surface area contributed by atoms with Gasteiger partial charge in [0.1, 0.15) is 24.4 Å². The second-order valence-electron chi connectivity index (χ2n) is 26.1. The van der Waals surface area contributed by atoms with E-state index in [2.05, 4.69) is 31.3 Å². The lowest BCUT2D eigenvalue weighted by molar-refractivity contribution is -0.302. The number of rotatable bonds is 66. The Bertz CT molecular complexity index is 1360. The van der Waals surface area contributed by atoms with Gasteiger partial charge in [-0.1, -0.05) is 359 Å². The van der Waals surface area contributed by atoms with Crippen molar-refractivity contribution in [1.82, 2.24) is 5.32 Å². The quantitative estimate of drug-likeness (QED) is 0.0261. The molecule has 1 saturated heterocycles. The maximum Gasteiger partial charge on any atom is 0.220 e. The number of aliphatic hydroxyl groups is 5. The molecule has 0 saturated carbocycles. The zero-order chi connectivity index (χ0) is 60.0. The van der Waals surface area contributed by atoms with Crippen molar-refractivity contribution in [2.45, 2.75) is 429 Å². The molecule has 0 aromatic carbocycles. The van der Waals surface area contributed by atoms with Crippen LogP contribution in [0.3, 0.4) is 0 Å². The number of allylic oxidation sites excluding steroid dienone is 3. The van der Waals surface area contributed by atoms with E-state index in [1.165, 1.54) is 327 Å². The molecule has 1 aliphatic heterocycles. The van der Waals surface area contributed by atoms with E-state index in [9.17, 15) is 30.3 Å². The van der Waals surface area contributed by atoms with Crippen LogP contribution in [0.25, 0.3) is 0 Å². The summed E-state index contributed by atoms with van der Waals surface area (Å²) in [5, 5.41) is 54.7. The lowest BCUT2D eigenvalue weighted by atomic mass is 9.99. The number of aliphatic hydroxyl groups excluding tert-OH is 5. The number of unbranched alkanes of at least 4 members (excludes halogenated alkanes) is 54. The highest BCUT2D eigenvalue weighted by molar-refractivity contribution is 5.76. The van der Waals surface area contributed by atoms with Crippen molar-refractivity contribution in [3.63, 3.8) is 0 Å². The molecule has 6 N–H and O–H groups in total. The third-order valence-corrected chi connectivity index (χ3v) is 18.0. The van der Waals surface area contributed by atoms with Gasteiger partial charge in [0.25, 0.3) is 0 Å². The number of ether oxygens (including phenoxy) is 2. The van der Waals surface area contributed by atoms with Gasteiger partial charge in [0, 0.05) is 6.42 Å². The van der Waals surface area contributed by atoms with Gasteiger partial charge in [-0.05, 0) is 44.9 Å². The first kappa shape index (κ1) is 79.7. The predicted molar refractivity (Wildman–Crippen MR) is 355 cm³/mol. The van der Waals surface area contributed by atoms with E-state index in [-0.39, 0.29) is 12.5 Å². The lowest BCUT2D eigenvalue weighted by Gasteiger charge is -2.40. The molecule has 1 rings (SSSR count). The van der Waals surface area contributed by atoms with Crippen molar-refractivity contribution in [2.75, 3.05) is 13.2 Å². The Hall–Kier alpha value is -1.33. The predicted octanol–water partition coefficient (Wildman–Crippen LogP) is 20.4. The first-order chi connectivity index (χ1) is 40.8. The molecular weight excluding hydrogens is 1030 g/mol. The van der Waals surface area contributed by atoms with Crippen LogP contribution >= 0.6 is 0 Å². The summed E-state index contributed by atoms with van der Waals surface area (Å²) in [6.45, 7) is 3.83. The summed E-state index contributed by atoms with van der Waals surface area (Å²) in [5.41, 5.74) is 0. The van der Waals surface area contributed by atoms with Crippen LogP contribution in [0, 0.1) is 0 Å². The van der Waals surface area contributed by atoms with Crippen LogP contribution in [-0.2, 0) is 14.3 Å². The number of hydrogen-bond donors (Lipinski definition) is 6. The molecule has 1 heterocycles. The molecule has 0 aromatic heterocycles. The first-order valence-corrected chi connectivity index (χ1v) is 37.1. The van der Waals surface area contributed by atoms with Gasteiger partial charge in [-0.2, -0.15) is 0 Å². The number of amides is 1. The molecule has 1 amide bonds. The fraction of sp³-hybridized carbons (Fsp3) is 0.932. The van der Waals surface area contributed by atoms with Gasteiger partial charge in [0.05, 0.1) is 25.4 Å². The minimum Gasteiger partial charge on any atom is -0.394 e. The molecule has 492 valence electrons. The molecule has 7 unspecified atom stereocenters. The second-order valence-corrected chi connectivity index (χ2v) is 26.1. The van der Waals surface area contributed by atoms with E-state index in [4.69, 9.17) is 9.47 Å². The number of hydrogen-bond acceptors (Lipinski definition) is 8. The third-order valence-electron chi connectivity index (χ3n) is 18.0. The molecule has 0 radical (unpaired) electrons. The molecule has 83 heavy (non-hydrogen) atoms. The van der Waals surface area contributed by atoms with E-state index in [0.29, 0.717) is 6.42 Å². The average Bonchev–Trinajstić information content (AvgIpc) is 3.61. The monoisotopic (exact) mass is 1170 g/mol. The Morgan fingerprint density at radius 1 is 0.398 bits per heavy atom. The van der Waals surface area contributed by atoms with Crippen molar-refractivity contribution in [3.8, 4) is 0 Å². The molecule has 1 fully saturated rings. The lowest BCUT2D eigenvalue weighted by Crippen LogP contribution is -2.60. The van der Waals surface area contributed by atoms with Gasteiger partial charge in [-0.15, -0.1) is 0 Å². The van der Waals surface area contributed by atoms with Crippen LogP contribution in [0.5, 0.6) is 0 Å². The first-order valence-electron chi connectivity index (χ1n) is 37.1. The van der Waals surface area contributed by atoms with Crippen molar-refractivity contribution < 1.29 is 39.8 Å². The van der Waals surface area contributed by atoms with E-state index in [1.807, 2.05) is 6.08 Å². The molecule has 0 aromatic rings. The molecule has 1 aliphatic rings. The van der Waals surface area contributed by atoms with E-state index >= 15 is 0 Å². The van der Waals surface area contributed by atoms with Crippen LogP contribution in [0.15, 0.2) is 24.3 Å². The fourth-order valence-corrected chi connectivity index (χ4v) is 12.2. The normalized spacial score (nSPS) is 18.3. The Kier molecular flexibility index (Phi) is 61.1. The van der Waals surface area contributed by atoms with Gasteiger partial charge >= 0.3 is 0 Å². The van der Waals surface area contributed by atoms with Gasteiger partial charge < -0.3 is 40.3 Å². The molecule has 0 spiro atoms. The second kappa shape index (κ2) is 63.7. The zero-order valence-corrected chi connectivity index (χ0v) is 55.2. The summed E-state index contributed by atoms with van der Waals surface area (Å²) in [4.78, 5) is 13.1. The molecule has 9 heteroatoms. The summed E-state index contributed by atoms with van der Waals surface area (Å²) in [6, 6.07) is -0.802. The third kappa shape index (κ3) is 52.3. The average molecular weight is 1170 g/mol. The van der Waals surface area contributed by atoms with E-state index in [0.717, 1.165) is 38.5 Å². The van der Waals surface area contributed by atoms with Gasteiger partial charge in [0.15, 0.2) is 6.29 Å². The Labute approximate surface area is 515 Å². The Morgan fingerprint density at radius 2 is 0.675 bits per heavy atom. The van der Waals surface area contributed by atoms with Crippen LogP contribution in [0.2, 0.25) is 0 Å². The van der Waals surface area contributed by atoms with Crippen molar-refractivity contribution in [1.29, 1.82) is 0 Å². The van der Waals surface area contributed by atoms with Crippen LogP contribution in [0.1, 0.15) is 386 Å². The minimum atomic E-state index is -1.56. The smallest absolute Gasteiger partial charge is 0.220 e. The largest absolute Gasteiger partial charge is 0.394 e. The highest BCUT2D eigenvalue weighted by Gasteiger charge is 2.44.